The molecular formula is C15H20FN5. The van der Waals surface area contributed by atoms with Gasteiger partial charge in [-0.1, -0.05) is 0 Å². The molecule has 4 rings (SSSR count). The van der Waals surface area contributed by atoms with Gasteiger partial charge < -0.3 is 10.2 Å². The molecule has 1 N–H and O–H groups in total. The maximum absolute atomic E-state index is 13.3. The number of nitrogens with zero attached hydrogens (tertiary/aromatic N) is 4. The number of pyridine rings is 1. The minimum atomic E-state index is -0.287. The number of aromatic nitrogens is 3. The van der Waals surface area contributed by atoms with Crippen molar-refractivity contribution in [3.05, 3.63) is 24.1 Å². The molecule has 2 saturated heterocycles. The molecule has 2 aliphatic heterocycles. The molecule has 2 aliphatic rings. The van der Waals surface area contributed by atoms with Crippen LogP contribution in [0.3, 0.4) is 0 Å². The highest BCUT2D eigenvalue weighted by molar-refractivity contribution is 5.45. The summed E-state index contributed by atoms with van der Waals surface area (Å²) in [5.41, 5.74) is 1.06. The maximum Gasteiger partial charge on any atom is 0.245 e. The number of anilines is 1. The van der Waals surface area contributed by atoms with E-state index in [0.29, 0.717) is 11.1 Å². The summed E-state index contributed by atoms with van der Waals surface area (Å²) >= 11 is 0. The summed E-state index contributed by atoms with van der Waals surface area (Å²) in [5, 5.41) is 7.98. The predicted molar refractivity (Wildman–Crippen MR) is 78.9 cm³/mol. The van der Waals surface area contributed by atoms with Gasteiger partial charge in [-0.3, -0.25) is 0 Å². The molecule has 1 unspecified atom stereocenters. The van der Waals surface area contributed by atoms with Crippen LogP contribution in [0.5, 0.6) is 0 Å². The number of piperidine rings is 2. The van der Waals surface area contributed by atoms with E-state index in [4.69, 9.17) is 0 Å². The van der Waals surface area contributed by atoms with Crippen molar-refractivity contribution in [3.8, 4) is 0 Å². The van der Waals surface area contributed by atoms with Gasteiger partial charge in [0.1, 0.15) is 5.82 Å². The monoisotopic (exact) mass is 289 g/mol. The zero-order valence-electron chi connectivity index (χ0n) is 12.1. The molecule has 5 nitrogen and oxygen atoms in total. The smallest absolute Gasteiger partial charge is 0.245 e. The maximum atomic E-state index is 13.3. The molecule has 4 heterocycles. The molecule has 0 aromatic carbocycles. The fourth-order valence-electron chi connectivity index (χ4n) is 3.74. The second kappa shape index (κ2) is 4.94. The Morgan fingerprint density at radius 1 is 1.24 bits per heavy atom. The van der Waals surface area contributed by atoms with Crippen molar-refractivity contribution in [2.45, 2.75) is 25.7 Å². The first kappa shape index (κ1) is 13.0. The van der Waals surface area contributed by atoms with Crippen molar-refractivity contribution in [1.82, 2.24) is 19.9 Å². The van der Waals surface area contributed by atoms with E-state index in [1.165, 1.54) is 42.5 Å². The fraction of sp³-hybridized carbons (Fsp3) is 0.600. The Bertz CT molecular complexity index is 641. The molecule has 21 heavy (non-hydrogen) atoms. The number of nitrogens with one attached hydrogen (secondary N) is 1. The van der Waals surface area contributed by atoms with Crippen LogP contribution < -0.4 is 10.2 Å². The lowest BCUT2D eigenvalue weighted by atomic mass is 9.74. The molecule has 0 aliphatic carbocycles. The molecule has 1 spiro atoms. The van der Waals surface area contributed by atoms with Crippen molar-refractivity contribution in [3.63, 3.8) is 0 Å². The second-order valence-electron chi connectivity index (χ2n) is 6.37. The van der Waals surface area contributed by atoms with Crippen molar-refractivity contribution in [1.29, 1.82) is 0 Å². The third-order valence-corrected chi connectivity index (χ3v) is 4.79. The molecule has 1 atom stereocenters. The molecule has 0 saturated carbocycles. The van der Waals surface area contributed by atoms with Gasteiger partial charge in [0.2, 0.25) is 5.95 Å². The molecule has 2 aromatic rings. The van der Waals surface area contributed by atoms with Gasteiger partial charge in [-0.05, 0) is 44.4 Å². The Morgan fingerprint density at radius 2 is 2.14 bits per heavy atom. The normalized spacial score (nSPS) is 26.6. The van der Waals surface area contributed by atoms with E-state index in [-0.39, 0.29) is 5.82 Å². The molecular weight excluding hydrogens is 269 g/mol. The fourth-order valence-corrected chi connectivity index (χ4v) is 3.74. The Hall–Kier alpha value is -1.69. The van der Waals surface area contributed by atoms with Crippen LogP contribution in [0.2, 0.25) is 0 Å². The van der Waals surface area contributed by atoms with Crippen LogP contribution in [-0.4, -0.2) is 40.8 Å². The van der Waals surface area contributed by atoms with E-state index in [1.54, 1.807) is 6.07 Å². The van der Waals surface area contributed by atoms with Crippen LogP contribution in [0.4, 0.5) is 10.3 Å². The Balaban J connectivity index is 1.61. The van der Waals surface area contributed by atoms with Crippen molar-refractivity contribution >= 4 is 11.6 Å². The van der Waals surface area contributed by atoms with Gasteiger partial charge in [-0.25, -0.2) is 8.91 Å². The highest BCUT2D eigenvalue weighted by atomic mass is 19.1. The summed E-state index contributed by atoms with van der Waals surface area (Å²) in [5.74, 6) is 0.441. The van der Waals surface area contributed by atoms with Gasteiger partial charge in [0.15, 0.2) is 5.65 Å². The molecule has 6 heteroatoms. The second-order valence-corrected chi connectivity index (χ2v) is 6.37. The topological polar surface area (TPSA) is 45.5 Å². The van der Waals surface area contributed by atoms with E-state index in [2.05, 4.69) is 20.3 Å². The van der Waals surface area contributed by atoms with Crippen molar-refractivity contribution < 1.29 is 4.39 Å². The van der Waals surface area contributed by atoms with E-state index < -0.39 is 0 Å². The zero-order valence-corrected chi connectivity index (χ0v) is 12.1. The van der Waals surface area contributed by atoms with Gasteiger partial charge in [-0.15, -0.1) is 5.10 Å². The van der Waals surface area contributed by atoms with Crippen LogP contribution >= 0.6 is 0 Å². The summed E-state index contributed by atoms with van der Waals surface area (Å²) in [7, 11) is 0. The lowest BCUT2D eigenvalue weighted by Gasteiger charge is -2.45. The average molecular weight is 289 g/mol. The summed E-state index contributed by atoms with van der Waals surface area (Å²) in [4.78, 5) is 6.81. The predicted octanol–water partition coefficient (Wildman–Crippen LogP) is 1.84. The van der Waals surface area contributed by atoms with E-state index in [0.717, 1.165) is 32.1 Å². The van der Waals surface area contributed by atoms with Gasteiger partial charge >= 0.3 is 0 Å². The summed E-state index contributed by atoms with van der Waals surface area (Å²) < 4.78 is 14.8. The minimum absolute atomic E-state index is 0.287. The van der Waals surface area contributed by atoms with Gasteiger partial charge in [-0.2, -0.15) is 4.98 Å². The number of hydrogen-bond acceptors (Lipinski definition) is 4. The number of hydrogen-bond donors (Lipinski definition) is 1. The van der Waals surface area contributed by atoms with Gasteiger partial charge in [0.25, 0.3) is 0 Å². The summed E-state index contributed by atoms with van der Waals surface area (Å²) in [6.07, 6.45) is 6.36. The van der Waals surface area contributed by atoms with Crippen LogP contribution in [-0.2, 0) is 0 Å². The summed E-state index contributed by atoms with van der Waals surface area (Å²) in [6, 6.07) is 3.10. The molecule has 2 fully saturated rings. The van der Waals surface area contributed by atoms with Crippen LogP contribution in [0.15, 0.2) is 18.3 Å². The van der Waals surface area contributed by atoms with E-state index in [9.17, 15) is 4.39 Å². The lowest BCUT2D eigenvalue weighted by Crippen LogP contribution is -2.51. The number of halogens is 1. The third kappa shape index (κ3) is 2.37. The Kier molecular flexibility index (Phi) is 3.06. The molecule has 112 valence electrons. The SMILES string of the molecule is Fc1ccc2nc(N3CCCC4(CCCNC4)C3)nn2c1. The number of rotatable bonds is 1. The Morgan fingerprint density at radius 3 is 3.00 bits per heavy atom. The highest BCUT2D eigenvalue weighted by Crippen LogP contribution is 2.36. The Labute approximate surface area is 123 Å². The minimum Gasteiger partial charge on any atom is -0.339 e. The van der Waals surface area contributed by atoms with Crippen LogP contribution in [0.1, 0.15) is 25.7 Å². The molecule has 2 aromatic heterocycles. The van der Waals surface area contributed by atoms with E-state index in [1.807, 2.05) is 0 Å². The van der Waals surface area contributed by atoms with Crippen LogP contribution in [0.25, 0.3) is 5.65 Å². The zero-order chi connectivity index (χ0) is 14.3. The highest BCUT2D eigenvalue weighted by Gasteiger charge is 2.37. The van der Waals surface area contributed by atoms with Crippen molar-refractivity contribution in [2.24, 2.45) is 5.41 Å². The third-order valence-electron chi connectivity index (χ3n) is 4.79. The summed E-state index contributed by atoms with van der Waals surface area (Å²) in [6.45, 7) is 4.21. The first-order chi connectivity index (χ1) is 10.2. The van der Waals surface area contributed by atoms with Gasteiger partial charge in [0, 0.05) is 25.0 Å². The standard InChI is InChI=1S/C15H20FN5/c16-12-3-4-13-18-14(19-21(13)9-12)20-8-2-6-15(11-20)5-1-7-17-10-15/h3-4,9,17H,1-2,5-8,10-11H2. The first-order valence-electron chi connectivity index (χ1n) is 7.72. The largest absolute Gasteiger partial charge is 0.339 e. The number of fused-ring (bicyclic) bond motifs is 1. The van der Waals surface area contributed by atoms with Crippen LogP contribution in [0, 0.1) is 11.2 Å². The molecule has 0 amide bonds. The van der Waals surface area contributed by atoms with Gasteiger partial charge in [0.05, 0.1) is 6.20 Å². The average Bonchev–Trinajstić information content (AvgIpc) is 2.91. The van der Waals surface area contributed by atoms with Crippen molar-refractivity contribution in [2.75, 3.05) is 31.1 Å². The lowest BCUT2D eigenvalue weighted by molar-refractivity contribution is 0.172. The molecule has 0 bridgehead atoms. The molecule has 0 radical (unpaired) electrons. The first-order valence-corrected chi connectivity index (χ1v) is 7.72. The quantitative estimate of drug-likeness (QED) is 0.870. The van der Waals surface area contributed by atoms with E-state index >= 15 is 0 Å².